The van der Waals surface area contributed by atoms with E-state index in [0.29, 0.717) is 25.4 Å². The number of hydrogen-bond acceptors (Lipinski definition) is 3. The molecule has 1 aromatic carbocycles. The van der Waals surface area contributed by atoms with Crippen molar-refractivity contribution in [3.63, 3.8) is 0 Å². The molecule has 1 rings (SSSR count). The van der Waals surface area contributed by atoms with Crippen molar-refractivity contribution in [1.82, 2.24) is 5.32 Å². The van der Waals surface area contributed by atoms with E-state index in [-0.39, 0.29) is 11.9 Å². The topological polar surface area (TPSA) is 64.3 Å². The minimum Gasteiger partial charge on any atom is -0.399 e. The van der Waals surface area contributed by atoms with Crippen LogP contribution in [0.5, 0.6) is 0 Å². The number of nitrogen functional groups attached to an aromatic ring is 1. The molecule has 0 aromatic heterocycles. The van der Waals surface area contributed by atoms with Crippen molar-refractivity contribution < 1.29 is 9.53 Å². The zero-order valence-corrected chi connectivity index (χ0v) is 12.0. The first-order valence-electron chi connectivity index (χ1n) is 6.66. The van der Waals surface area contributed by atoms with Gasteiger partial charge in [-0.15, -0.1) is 0 Å². The molecule has 1 amide bonds. The number of aryl methyl sites for hydroxylation is 1. The van der Waals surface area contributed by atoms with Crippen molar-refractivity contribution in [3.05, 3.63) is 29.8 Å². The van der Waals surface area contributed by atoms with Gasteiger partial charge in [0, 0.05) is 19.2 Å². The first kappa shape index (κ1) is 15.5. The molecule has 0 radical (unpaired) electrons. The van der Waals surface area contributed by atoms with Crippen molar-refractivity contribution in [3.8, 4) is 0 Å². The number of anilines is 1. The molecule has 0 aliphatic rings. The Kier molecular flexibility index (Phi) is 6.36. The molecular weight excluding hydrogens is 240 g/mol. The van der Waals surface area contributed by atoms with Gasteiger partial charge in [-0.1, -0.05) is 32.0 Å². The summed E-state index contributed by atoms with van der Waals surface area (Å²) in [5.74, 6) is 0.393. The summed E-state index contributed by atoms with van der Waals surface area (Å²) in [7, 11) is 1.65. The fraction of sp³-hybridized carbons (Fsp3) is 0.533. The van der Waals surface area contributed by atoms with Crippen molar-refractivity contribution in [2.75, 3.05) is 19.5 Å². The summed E-state index contributed by atoms with van der Waals surface area (Å²) in [6.45, 7) is 4.68. The predicted octanol–water partition coefficient (Wildman–Crippen LogP) is 1.99. The molecule has 1 unspecified atom stereocenters. The summed E-state index contributed by atoms with van der Waals surface area (Å²) >= 11 is 0. The third-order valence-electron chi connectivity index (χ3n) is 3.17. The van der Waals surface area contributed by atoms with Crippen molar-refractivity contribution in [2.24, 2.45) is 5.92 Å². The normalized spacial score (nSPS) is 12.4. The number of hydrogen-bond donors (Lipinski definition) is 2. The Bertz CT molecular complexity index is 405. The average Bonchev–Trinajstić information content (AvgIpc) is 2.37. The molecular formula is C15H24N2O2. The summed E-state index contributed by atoms with van der Waals surface area (Å²) in [6.07, 6.45) is 1.11. The number of carbonyl (C=O) groups excluding carboxylic acids is 1. The number of carbonyl (C=O) groups is 1. The van der Waals surface area contributed by atoms with Gasteiger partial charge in [-0.2, -0.15) is 0 Å². The quantitative estimate of drug-likeness (QED) is 0.740. The van der Waals surface area contributed by atoms with E-state index in [1.165, 1.54) is 0 Å². The lowest BCUT2D eigenvalue weighted by Crippen LogP contribution is -2.41. The minimum atomic E-state index is 0.0407. The maximum absolute atomic E-state index is 11.9. The van der Waals surface area contributed by atoms with Crippen LogP contribution >= 0.6 is 0 Å². The highest BCUT2D eigenvalue weighted by Gasteiger charge is 2.15. The third-order valence-corrected chi connectivity index (χ3v) is 3.17. The zero-order valence-electron chi connectivity index (χ0n) is 12.0. The second kappa shape index (κ2) is 7.79. The Morgan fingerprint density at radius 3 is 2.63 bits per heavy atom. The highest BCUT2D eigenvalue weighted by Crippen LogP contribution is 2.12. The molecule has 0 aliphatic carbocycles. The molecule has 3 N–H and O–H groups in total. The van der Waals surface area contributed by atoms with Gasteiger partial charge in [0.25, 0.3) is 0 Å². The van der Waals surface area contributed by atoms with Gasteiger partial charge < -0.3 is 15.8 Å². The Balaban J connectivity index is 2.45. The molecule has 0 heterocycles. The van der Waals surface area contributed by atoms with Gasteiger partial charge in [0.1, 0.15) is 0 Å². The molecule has 0 aliphatic heterocycles. The van der Waals surface area contributed by atoms with Gasteiger partial charge in [-0.3, -0.25) is 4.79 Å². The second-order valence-electron chi connectivity index (χ2n) is 5.07. The van der Waals surface area contributed by atoms with E-state index in [0.717, 1.165) is 11.3 Å². The molecule has 4 heteroatoms. The molecule has 106 valence electrons. The summed E-state index contributed by atoms with van der Waals surface area (Å²) in [5, 5.41) is 3.00. The van der Waals surface area contributed by atoms with Gasteiger partial charge in [0.15, 0.2) is 0 Å². The molecule has 1 aromatic rings. The van der Waals surface area contributed by atoms with Crippen LogP contribution < -0.4 is 11.1 Å². The zero-order chi connectivity index (χ0) is 14.3. The van der Waals surface area contributed by atoms with E-state index in [2.05, 4.69) is 19.2 Å². The highest BCUT2D eigenvalue weighted by atomic mass is 16.5. The van der Waals surface area contributed by atoms with Crippen LogP contribution in [0.4, 0.5) is 5.69 Å². The molecule has 0 fully saturated rings. The van der Waals surface area contributed by atoms with E-state index in [1.54, 1.807) is 7.11 Å². The smallest absolute Gasteiger partial charge is 0.220 e. The predicted molar refractivity (Wildman–Crippen MR) is 77.8 cm³/mol. The van der Waals surface area contributed by atoms with E-state index in [9.17, 15) is 4.79 Å². The van der Waals surface area contributed by atoms with Crippen LogP contribution in [0, 0.1) is 5.92 Å². The Morgan fingerprint density at radius 2 is 2.05 bits per heavy atom. The first-order chi connectivity index (χ1) is 9.04. The second-order valence-corrected chi connectivity index (χ2v) is 5.07. The van der Waals surface area contributed by atoms with Crippen molar-refractivity contribution >= 4 is 11.6 Å². The van der Waals surface area contributed by atoms with Gasteiger partial charge in [-0.25, -0.2) is 0 Å². The van der Waals surface area contributed by atoms with Crippen LogP contribution in [-0.2, 0) is 16.0 Å². The first-order valence-corrected chi connectivity index (χ1v) is 6.66. The van der Waals surface area contributed by atoms with Crippen LogP contribution in [0.25, 0.3) is 0 Å². The molecule has 0 saturated carbocycles. The van der Waals surface area contributed by atoms with Crippen LogP contribution in [0.3, 0.4) is 0 Å². The van der Waals surface area contributed by atoms with Crippen LogP contribution in [-0.4, -0.2) is 25.7 Å². The van der Waals surface area contributed by atoms with Gasteiger partial charge >= 0.3 is 0 Å². The van der Waals surface area contributed by atoms with Crippen molar-refractivity contribution in [2.45, 2.75) is 32.7 Å². The number of amides is 1. The maximum atomic E-state index is 11.9. The third kappa shape index (κ3) is 5.30. The molecule has 0 saturated heterocycles. The highest BCUT2D eigenvalue weighted by molar-refractivity contribution is 5.76. The molecule has 0 spiro atoms. The number of para-hydroxylation sites is 1. The van der Waals surface area contributed by atoms with E-state index >= 15 is 0 Å². The van der Waals surface area contributed by atoms with Crippen LogP contribution in [0.2, 0.25) is 0 Å². The number of nitrogens with one attached hydrogen (secondary N) is 1. The Morgan fingerprint density at radius 1 is 1.37 bits per heavy atom. The molecule has 0 bridgehead atoms. The van der Waals surface area contributed by atoms with E-state index in [4.69, 9.17) is 10.5 Å². The minimum absolute atomic E-state index is 0.0407. The number of methoxy groups -OCH3 is 1. The number of ether oxygens (including phenoxy) is 1. The molecule has 19 heavy (non-hydrogen) atoms. The van der Waals surface area contributed by atoms with Gasteiger partial charge in [0.05, 0.1) is 12.6 Å². The lowest BCUT2D eigenvalue weighted by atomic mass is 10.0. The number of rotatable bonds is 7. The van der Waals surface area contributed by atoms with Crippen LogP contribution in [0.1, 0.15) is 25.8 Å². The lowest BCUT2D eigenvalue weighted by Gasteiger charge is -2.21. The van der Waals surface area contributed by atoms with Gasteiger partial charge in [0.2, 0.25) is 5.91 Å². The standard InChI is InChI=1S/C15H24N2O2/c1-11(2)14(10-19-3)17-15(18)9-8-12-6-4-5-7-13(12)16/h4-7,11,14H,8-10,16H2,1-3H3,(H,17,18). The summed E-state index contributed by atoms with van der Waals surface area (Å²) in [5.41, 5.74) is 7.61. The molecule has 1 atom stereocenters. The summed E-state index contributed by atoms with van der Waals surface area (Å²) in [6, 6.07) is 7.70. The SMILES string of the molecule is COCC(NC(=O)CCc1ccccc1N)C(C)C. The summed E-state index contributed by atoms with van der Waals surface area (Å²) < 4.78 is 5.11. The largest absolute Gasteiger partial charge is 0.399 e. The fourth-order valence-electron chi connectivity index (χ4n) is 1.87. The number of benzene rings is 1. The summed E-state index contributed by atoms with van der Waals surface area (Å²) in [4.78, 5) is 11.9. The van der Waals surface area contributed by atoms with Crippen LogP contribution in [0.15, 0.2) is 24.3 Å². The van der Waals surface area contributed by atoms with Crippen molar-refractivity contribution in [1.29, 1.82) is 0 Å². The maximum Gasteiger partial charge on any atom is 0.220 e. The monoisotopic (exact) mass is 264 g/mol. The molecule has 4 nitrogen and oxygen atoms in total. The lowest BCUT2D eigenvalue weighted by molar-refractivity contribution is -0.122. The Labute approximate surface area is 115 Å². The number of nitrogens with two attached hydrogens (primary N) is 1. The van der Waals surface area contributed by atoms with Gasteiger partial charge in [-0.05, 0) is 24.0 Å². The van der Waals surface area contributed by atoms with E-state index in [1.807, 2.05) is 24.3 Å². The Hall–Kier alpha value is -1.55. The average molecular weight is 264 g/mol. The fourth-order valence-corrected chi connectivity index (χ4v) is 1.87. The van der Waals surface area contributed by atoms with E-state index < -0.39 is 0 Å².